The van der Waals surface area contributed by atoms with E-state index in [0.717, 1.165) is 46.5 Å². The second-order valence-electron chi connectivity index (χ2n) is 11.4. The molecule has 2 N–H and O–H groups in total. The average molecular weight is 441 g/mol. The van der Waals surface area contributed by atoms with E-state index in [2.05, 4.69) is 77.3 Å². The first-order chi connectivity index (χ1) is 14.6. The van der Waals surface area contributed by atoms with E-state index < -0.39 is 0 Å². The van der Waals surface area contributed by atoms with E-state index in [1.54, 1.807) is 0 Å². The maximum atomic E-state index is 10.7. The van der Waals surface area contributed by atoms with Crippen molar-refractivity contribution < 1.29 is 10.2 Å². The largest absolute Gasteiger partial charge is 0.507 e. The van der Waals surface area contributed by atoms with Gasteiger partial charge in [-0.3, -0.25) is 9.80 Å². The Bertz CT molecular complexity index is 862. The first kappa shape index (κ1) is 26.2. The molecule has 178 valence electrons. The molecule has 2 aromatic rings. The summed E-state index contributed by atoms with van der Waals surface area (Å²) >= 11 is 0. The van der Waals surface area contributed by atoms with Gasteiger partial charge in [0.15, 0.2) is 0 Å². The predicted octanol–water partition coefficient (Wildman–Crippen LogP) is 6.23. The molecule has 4 heteroatoms. The van der Waals surface area contributed by atoms with Crippen LogP contribution in [-0.2, 0) is 13.1 Å². The zero-order valence-corrected chi connectivity index (χ0v) is 21.9. The summed E-state index contributed by atoms with van der Waals surface area (Å²) in [6.45, 7) is 24.6. The number of phenolic OH excluding ortho intramolecular Hbond substituents is 2. The fraction of sp³-hybridized carbons (Fsp3) is 0.571. The Balaban J connectivity index is 2.39. The van der Waals surface area contributed by atoms with Crippen LogP contribution in [0.2, 0.25) is 0 Å². The molecule has 0 radical (unpaired) electrons. The van der Waals surface area contributed by atoms with Crippen molar-refractivity contribution in [3.63, 3.8) is 0 Å². The lowest BCUT2D eigenvalue weighted by Gasteiger charge is -2.46. The third-order valence-electron chi connectivity index (χ3n) is 6.09. The van der Waals surface area contributed by atoms with Crippen molar-refractivity contribution in [2.24, 2.45) is 0 Å². The first-order valence-electron chi connectivity index (χ1n) is 11.7. The molecule has 4 nitrogen and oxygen atoms in total. The van der Waals surface area contributed by atoms with E-state index in [4.69, 9.17) is 0 Å². The Hall–Kier alpha value is -2.04. The summed E-state index contributed by atoms with van der Waals surface area (Å²) < 4.78 is 0. The number of benzene rings is 2. The smallest absolute Gasteiger partial charge is 0.122 e. The van der Waals surface area contributed by atoms with Crippen molar-refractivity contribution in [1.82, 2.24) is 9.80 Å². The molecule has 0 spiro atoms. The van der Waals surface area contributed by atoms with Crippen LogP contribution in [-0.4, -0.2) is 44.2 Å². The van der Waals surface area contributed by atoms with Crippen LogP contribution in [0.1, 0.15) is 74.9 Å². The van der Waals surface area contributed by atoms with Gasteiger partial charge in [-0.1, -0.05) is 35.4 Å². The lowest BCUT2D eigenvalue weighted by atomic mass is 9.96. The summed E-state index contributed by atoms with van der Waals surface area (Å²) in [5.74, 6) is 0.738. The van der Waals surface area contributed by atoms with Crippen LogP contribution in [0.5, 0.6) is 11.5 Å². The topological polar surface area (TPSA) is 46.9 Å². The second-order valence-corrected chi connectivity index (χ2v) is 11.4. The monoisotopic (exact) mass is 440 g/mol. The molecule has 0 saturated heterocycles. The Kier molecular flexibility index (Phi) is 8.06. The normalized spacial score (nSPS) is 12.8. The molecule has 0 bridgehead atoms. The van der Waals surface area contributed by atoms with Gasteiger partial charge in [0, 0.05) is 48.4 Å². The summed E-state index contributed by atoms with van der Waals surface area (Å²) in [6.07, 6.45) is 0. The minimum Gasteiger partial charge on any atom is -0.507 e. The van der Waals surface area contributed by atoms with Crippen molar-refractivity contribution in [2.75, 3.05) is 13.1 Å². The highest BCUT2D eigenvalue weighted by molar-refractivity contribution is 5.44. The predicted molar refractivity (Wildman–Crippen MR) is 135 cm³/mol. The fourth-order valence-electron chi connectivity index (χ4n) is 4.95. The molecule has 0 atom stereocenters. The van der Waals surface area contributed by atoms with E-state index in [1.807, 2.05) is 26.0 Å². The molecule has 0 fully saturated rings. The van der Waals surface area contributed by atoms with Gasteiger partial charge in [0.05, 0.1) is 0 Å². The second kappa shape index (κ2) is 9.84. The van der Waals surface area contributed by atoms with Crippen LogP contribution >= 0.6 is 0 Å². The van der Waals surface area contributed by atoms with Gasteiger partial charge in [0.1, 0.15) is 11.5 Å². The van der Waals surface area contributed by atoms with Crippen LogP contribution in [0, 0.1) is 27.7 Å². The number of hydrogen-bond donors (Lipinski definition) is 2. The van der Waals surface area contributed by atoms with Crippen molar-refractivity contribution >= 4 is 0 Å². The Morgan fingerprint density at radius 3 is 1.34 bits per heavy atom. The van der Waals surface area contributed by atoms with Crippen molar-refractivity contribution in [1.29, 1.82) is 0 Å². The average Bonchev–Trinajstić information content (AvgIpc) is 2.61. The van der Waals surface area contributed by atoms with Gasteiger partial charge in [0.2, 0.25) is 0 Å². The molecular weight excluding hydrogens is 396 g/mol. The SMILES string of the molecule is Cc1cc(C)c(O)c(CN(CCN(C(C)(C)C)C(C)(C)C)Cc2cc(C)cc(C)c2O)c1. The zero-order chi connectivity index (χ0) is 24.4. The van der Waals surface area contributed by atoms with E-state index in [0.29, 0.717) is 24.6 Å². The minimum absolute atomic E-state index is 0.0358. The first-order valence-corrected chi connectivity index (χ1v) is 11.7. The number of phenols is 2. The molecule has 32 heavy (non-hydrogen) atoms. The Labute approximate surface area is 195 Å². The van der Waals surface area contributed by atoms with Crippen molar-refractivity contribution in [3.05, 3.63) is 57.6 Å². The molecule has 0 aliphatic rings. The van der Waals surface area contributed by atoms with Crippen LogP contribution in [0.25, 0.3) is 0 Å². The molecule has 0 saturated carbocycles. The molecule has 0 amide bonds. The highest BCUT2D eigenvalue weighted by Gasteiger charge is 2.31. The summed E-state index contributed by atoms with van der Waals surface area (Å²) in [5, 5.41) is 21.5. The number of rotatable bonds is 7. The maximum absolute atomic E-state index is 10.7. The van der Waals surface area contributed by atoms with E-state index >= 15 is 0 Å². The lowest BCUT2D eigenvalue weighted by Crippen LogP contribution is -2.54. The molecular formula is C28H44N2O2. The van der Waals surface area contributed by atoms with Crippen molar-refractivity contribution in [3.8, 4) is 11.5 Å². The molecule has 0 aliphatic carbocycles. The summed E-state index contributed by atoms with van der Waals surface area (Å²) in [6, 6.07) is 8.17. The minimum atomic E-state index is 0.0358. The van der Waals surface area contributed by atoms with E-state index in [-0.39, 0.29) is 11.1 Å². The van der Waals surface area contributed by atoms with Gasteiger partial charge in [-0.25, -0.2) is 0 Å². The third kappa shape index (κ3) is 6.73. The number of aromatic hydroxyl groups is 2. The van der Waals surface area contributed by atoms with Gasteiger partial charge < -0.3 is 10.2 Å². The van der Waals surface area contributed by atoms with Crippen LogP contribution in [0.15, 0.2) is 24.3 Å². The van der Waals surface area contributed by atoms with Gasteiger partial charge in [-0.2, -0.15) is 0 Å². The zero-order valence-electron chi connectivity index (χ0n) is 21.9. The number of aryl methyl sites for hydroxylation is 4. The molecule has 0 aromatic heterocycles. The van der Waals surface area contributed by atoms with Gasteiger partial charge in [-0.15, -0.1) is 0 Å². The molecule has 0 aliphatic heterocycles. The van der Waals surface area contributed by atoms with Crippen LogP contribution in [0.4, 0.5) is 0 Å². The van der Waals surface area contributed by atoms with Crippen LogP contribution in [0.3, 0.4) is 0 Å². The summed E-state index contributed by atoms with van der Waals surface area (Å²) in [7, 11) is 0. The highest BCUT2D eigenvalue weighted by atomic mass is 16.3. The van der Waals surface area contributed by atoms with Gasteiger partial charge >= 0.3 is 0 Å². The van der Waals surface area contributed by atoms with Crippen molar-refractivity contribution in [2.45, 2.75) is 93.4 Å². The molecule has 2 aromatic carbocycles. The summed E-state index contributed by atoms with van der Waals surface area (Å²) in [5.41, 5.74) is 6.04. The van der Waals surface area contributed by atoms with E-state index in [9.17, 15) is 10.2 Å². The quantitative estimate of drug-likeness (QED) is 0.535. The molecule has 0 heterocycles. The fourth-order valence-corrected chi connectivity index (χ4v) is 4.95. The van der Waals surface area contributed by atoms with Gasteiger partial charge in [-0.05, 0) is 80.4 Å². The third-order valence-corrected chi connectivity index (χ3v) is 6.09. The Morgan fingerprint density at radius 1 is 0.625 bits per heavy atom. The molecule has 2 rings (SSSR count). The molecule has 0 unspecified atom stereocenters. The van der Waals surface area contributed by atoms with E-state index in [1.165, 1.54) is 0 Å². The maximum Gasteiger partial charge on any atom is 0.122 e. The number of hydrogen-bond acceptors (Lipinski definition) is 4. The lowest BCUT2D eigenvalue weighted by molar-refractivity contribution is 0.0265. The standard InChI is InChI=1S/C28H44N2O2/c1-19-13-21(3)25(31)23(15-19)17-29(11-12-30(27(5,6)7)28(8,9)10)18-24-16-20(2)14-22(4)26(24)32/h13-16,31-32H,11-12,17-18H2,1-10H3. The number of nitrogens with zero attached hydrogens (tertiary/aromatic N) is 2. The van der Waals surface area contributed by atoms with Crippen LogP contribution < -0.4 is 0 Å². The van der Waals surface area contributed by atoms with Gasteiger partial charge in [0.25, 0.3) is 0 Å². The summed E-state index contributed by atoms with van der Waals surface area (Å²) in [4.78, 5) is 4.86. The Morgan fingerprint density at radius 2 is 1.00 bits per heavy atom. The highest BCUT2D eigenvalue weighted by Crippen LogP contribution is 2.30.